The van der Waals surface area contributed by atoms with E-state index >= 15 is 0 Å². The fourth-order valence-corrected chi connectivity index (χ4v) is 2.06. The summed E-state index contributed by atoms with van der Waals surface area (Å²) in [6.45, 7) is 10.4. The van der Waals surface area contributed by atoms with E-state index in [0.717, 1.165) is 25.1 Å². The molecule has 1 rings (SSSR count). The summed E-state index contributed by atoms with van der Waals surface area (Å²) in [5.74, 6) is 0.813. The highest BCUT2D eigenvalue weighted by molar-refractivity contribution is 5.27. The third-order valence-electron chi connectivity index (χ3n) is 3.32. The minimum absolute atomic E-state index is 0.317. The molecule has 0 aliphatic heterocycles. The molecule has 0 amide bonds. The van der Waals surface area contributed by atoms with Crippen LogP contribution in [0.5, 0.6) is 5.75 Å². The first-order chi connectivity index (χ1) is 10.5. The molecular weight excluding hydrogens is 276 g/mol. The predicted molar refractivity (Wildman–Crippen MR) is 92.5 cm³/mol. The van der Waals surface area contributed by atoms with Gasteiger partial charge in [-0.05, 0) is 37.1 Å². The average Bonchev–Trinajstić information content (AvgIpc) is 2.48. The molecular formula is C18H32N2O2. The van der Waals surface area contributed by atoms with Crippen LogP contribution in [0.15, 0.2) is 24.3 Å². The van der Waals surface area contributed by atoms with Crippen molar-refractivity contribution in [2.45, 2.75) is 58.7 Å². The molecule has 1 unspecified atom stereocenters. The molecule has 0 spiro atoms. The van der Waals surface area contributed by atoms with Gasteiger partial charge in [-0.15, -0.1) is 0 Å². The maximum Gasteiger partial charge on any atom is 0.119 e. The summed E-state index contributed by atoms with van der Waals surface area (Å²) in [5.41, 5.74) is 1.32. The van der Waals surface area contributed by atoms with Gasteiger partial charge in [-0.3, -0.25) is 0 Å². The molecule has 0 saturated carbocycles. The highest BCUT2D eigenvalue weighted by Crippen LogP contribution is 2.13. The quantitative estimate of drug-likeness (QED) is 0.549. The number of hydrogen-bond donors (Lipinski definition) is 3. The molecule has 0 bridgehead atoms. The van der Waals surface area contributed by atoms with Crippen molar-refractivity contribution in [3.63, 3.8) is 0 Å². The molecule has 0 aromatic heterocycles. The molecule has 1 aromatic carbocycles. The van der Waals surface area contributed by atoms with Gasteiger partial charge >= 0.3 is 0 Å². The highest BCUT2D eigenvalue weighted by atomic mass is 16.5. The Morgan fingerprint density at radius 1 is 1.00 bits per heavy atom. The molecule has 1 atom stereocenters. The fraction of sp³-hybridized carbons (Fsp3) is 0.667. The van der Waals surface area contributed by atoms with Crippen molar-refractivity contribution in [3.05, 3.63) is 29.8 Å². The van der Waals surface area contributed by atoms with E-state index in [0.29, 0.717) is 25.2 Å². The Labute approximate surface area is 135 Å². The lowest BCUT2D eigenvalue weighted by atomic mass is 10.1. The fourth-order valence-electron chi connectivity index (χ4n) is 2.06. The number of benzene rings is 1. The summed E-state index contributed by atoms with van der Waals surface area (Å²) in [4.78, 5) is 0. The van der Waals surface area contributed by atoms with Gasteiger partial charge in [-0.2, -0.15) is 0 Å². The number of aliphatic hydroxyl groups excluding tert-OH is 1. The Hall–Kier alpha value is -1.10. The van der Waals surface area contributed by atoms with Crippen molar-refractivity contribution in [2.75, 3.05) is 19.7 Å². The summed E-state index contributed by atoms with van der Waals surface area (Å²) in [6, 6.07) is 9.08. The monoisotopic (exact) mass is 308 g/mol. The lowest BCUT2D eigenvalue weighted by Gasteiger charge is -2.15. The van der Waals surface area contributed by atoms with Gasteiger partial charge in [-0.25, -0.2) is 0 Å². The summed E-state index contributed by atoms with van der Waals surface area (Å²) in [5, 5.41) is 16.4. The lowest BCUT2D eigenvalue weighted by molar-refractivity contribution is 0.104. The molecule has 22 heavy (non-hydrogen) atoms. The Morgan fingerprint density at radius 2 is 1.64 bits per heavy atom. The Bertz CT molecular complexity index is 391. The molecule has 3 N–H and O–H groups in total. The second-order valence-electron chi connectivity index (χ2n) is 6.38. The molecule has 0 heterocycles. The topological polar surface area (TPSA) is 53.5 Å². The van der Waals surface area contributed by atoms with Crippen LogP contribution in [0.4, 0.5) is 0 Å². The van der Waals surface area contributed by atoms with Crippen LogP contribution in [0.1, 0.15) is 39.7 Å². The number of rotatable bonds is 11. The minimum Gasteiger partial charge on any atom is -0.491 e. The van der Waals surface area contributed by atoms with Crippen molar-refractivity contribution in [1.82, 2.24) is 10.6 Å². The van der Waals surface area contributed by atoms with Gasteiger partial charge in [0.15, 0.2) is 0 Å². The van der Waals surface area contributed by atoms with Crippen molar-refractivity contribution >= 4 is 0 Å². The zero-order valence-electron chi connectivity index (χ0n) is 14.4. The van der Waals surface area contributed by atoms with Gasteiger partial charge < -0.3 is 20.5 Å². The van der Waals surface area contributed by atoms with E-state index in [2.05, 4.69) is 50.5 Å². The van der Waals surface area contributed by atoms with Crippen molar-refractivity contribution < 1.29 is 9.84 Å². The molecule has 0 saturated heterocycles. The number of ether oxygens (including phenoxy) is 1. The Balaban J connectivity index is 2.23. The van der Waals surface area contributed by atoms with E-state index < -0.39 is 6.10 Å². The van der Waals surface area contributed by atoms with E-state index in [1.54, 1.807) is 0 Å². The summed E-state index contributed by atoms with van der Waals surface area (Å²) in [6.07, 6.45) is 1.73. The van der Waals surface area contributed by atoms with Gasteiger partial charge in [0.1, 0.15) is 18.5 Å². The first-order valence-corrected chi connectivity index (χ1v) is 8.34. The molecule has 1 aromatic rings. The van der Waals surface area contributed by atoms with Crippen LogP contribution < -0.4 is 15.4 Å². The van der Waals surface area contributed by atoms with Crippen LogP contribution in [-0.4, -0.2) is 43.0 Å². The molecule has 4 heteroatoms. The smallest absolute Gasteiger partial charge is 0.119 e. The van der Waals surface area contributed by atoms with E-state index in [-0.39, 0.29) is 0 Å². The number of aliphatic hydroxyl groups is 1. The molecule has 0 radical (unpaired) electrons. The van der Waals surface area contributed by atoms with E-state index in [9.17, 15) is 5.11 Å². The van der Waals surface area contributed by atoms with Crippen LogP contribution in [-0.2, 0) is 6.42 Å². The van der Waals surface area contributed by atoms with E-state index in [4.69, 9.17) is 4.74 Å². The standard InChI is InChI=1S/C18H32N2O2/c1-14(2)19-11-5-6-16-7-9-18(10-8-16)22-13-17(21)12-20-15(3)4/h7-10,14-15,17,19-21H,5-6,11-13H2,1-4H3. The summed E-state index contributed by atoms with van der Waals surface area (Å²) >= 11 is 0. The summed E-state index contributed by atoms with van der Waals surface area (Å²) < 4.78 is 5.61. The van der Waals surface area contributed by atoms with E-state index in [1.165, 1.54) is 5.56 Å². The van der Waals surface area contributed by atoms with Crippen LogP contribution in [0.25, 0.3) is 0 Å². The van der Waals surface area contributed by atoms with Gasteiger partial charge in [0.25, 0.3) is 0 Å². The predicted octanol–water partition coefficient (Wildman–Crippen LogP) is 2.35. The molecule has 0 aliphatic rings. The SMILES string of the molecule is CC(C)NCCCc1ccc(OCC(O)CNC(C)C)cc1. The van der Waals surface area contributed by atoms with Crippen LogP contribution in [0.2, 0.25) is 0 Å². The van der Waals surface area contributed by atoms with Crippen LogP contribution in [0.3, 0.4) is 0 Å². The number of aryl methyl sites for hydroxylation is 1. The largest absolute Gasteiger partial charge is 0.491 e. The second-order valence-corrected chi connectivity index (χ2v) is 6.38. The molecule has 126 valence electrons. The van der Waals surface area contributed by atoms with Gasteiger partial charge in [0, 0.05) is 18.6 Å². The zero-order chi connectivity index (χ0) is 16.4. The average molecular weight is 308 g/mol. The zero-order valence-corrected chi connectivity index (χ0v) is 14.4. The minimum atomic E-state index is -0.482. The van der Waals surface area contributed by atoms with Crippen molar-refractivity contribution in [3.8, 4) is 5.75 Å². The first kappa shape index (κ1) is 18.9. The molecule has 0 aliphatic carbocycles. The maximum atomic E-state index is 9.81. The molecule has 0 fully saturated rings. The first-order valence-electron chi connectivity index (χ1n) is 8.34. The summed E-state index contributed by atoms with van der Waals surface area (Å²) in [7, 11) is 0. The molecule has 4 nitrogen and oxygen atoms in total. The Kier molecular flexibility index (Phi) is 9.13. The third-order valence-corrected chi connectivity index (χ3v) is 3.32. The second kappa shape index (κ2) is 10.6. The van der Waals surface area contributed by atoms with Crippen LogP contribution >= 0.6 is 0 Å². The number of nitrogens with one attached hydrogen (secondary N) is 2. The Morgan fingerprint density at radius 3 is 2.23 bits per heavy atom. The van der Waals surface area contributed by atoms with Crippen LogP contribution in [0, 0.1) is 0 Å². The lowest BCUT2D eigenvalue weighted by Crippen LogP contribution is -2.35. The third kappa shape index (κ3) is 9.03. The highest BCUT2D eigenvalue weighted by Gasteiger charge is 2.06. The van der Waals surface area contributed by atoms with Gasteiger partial charge in [0.05, 0.1) is 0 Å². The normalized spacial score (nSPS) is 12.9. The maximum absolute atomic E-state index is 9.81. The van der Waals surface area contributed by atoms with Gasteiger partial charge in [-0.1, -0.05) is 39.8 Å². The van der Waals surface area contributed by atoms with Crippen molar-refractivity contribution in [1.29, 1.82) is 0 Å². The number of hydrogen-bond acceptors (Lipinski definition) is 4. The van der Waals surface area contributed by atoms with E-state index in [1.807, 2.05) is 12.1 Å². The van der Waals surface area contributed by atoms with Crippen molar-refractivity contribution in [2.24, 2.45) is 0 Å². The van der Waals surface area contributed by atoms with Gasteiger partial charge in [0.2, 0.25) is 0 Å².